The fourth-order valence-corrected chi connectivity index (χ4v) is 4.02. The summed E-state index contributed by atoms with van der Waals surface area (Å²) in [4.78, 5) is 0. The number of methoxy groups -OCH3 is 1. The molecule has 0 radical (unpaired) electrons. The lowest BCUT2D eigenvalue weighted by Crippen LogP contribution is -2.26. The highest BCUT2D eigenvalue weighted by Gasteiger charge is 2.22. The number of halogens is 1. The van der Waals surface area contributed by atoms with Gasteiger partial charge in [-0.25, -0.2) is 0 Å². The Bertz CT molecular complexity index is 480. The van der Waals surface area contributed by atoms with Gasteiger partial charge in [0.25, 0.3) is 0 Å². The van der Waals surface area contributed by atoms with Crippen molar-refractivity contribution in [2.75, 3.05) is 13.7 Å². The Labute approximate surface area is 135 Å². The standard InChI is InChI=1S/C17H24BrNO2/c1-20-17-14(18)10-12(15-8-4-5-9-19-15)11-16(17)21-13-6-2-3-7-13/h10-11,13,15,19H,2-9H2,1H3. The molecule has 1 saturated heterocycles. The minimum absolute atomic E-state index is 0.348. The second-order valence-corrected chi connectivity index (χ2v) is 6.92. The predicted octanol–water partition coefficient (Wildman–Crippen LogP) is 4.59. The van der Waals surface area contributed by atoms with Crippen LogP contribution in [0.5, 0.6) is 11.5 Å². The van der Waals surface area contributed by atoms with Crippen molar-refractivity contribution in [1.82, 2.24) is 5.32 Å². The molecule has 0 amide bonds. The van der Waals surface area contributed by atoms with Gasteiger partial charge in [0.05, 0.1) is 17.7 Å². The Hall–Kier alpha value is -0.740. The minimum Gasteiger partial charge on any atom is -0.492 e. The van der Waals surface area contributed by atoms with Gasteiger partial charge in [0.2, 0.25) is 0 Å². The molecule has 0 bridgehead atoms. The van der Waals surface area contributed by atoms with Gasteiger partial charge in [0, 0.05) is 6.04 Å². The van der Waals surface area contributed by atoms with Gasteiger partial charge in [-0.3, -0.25) is 0 Å². The fourth-order valence-electron chi connectivity index (χ4n) is 3.40. The van der Waals surface area contributed by atoms with E-state index < -0.39 is 0 Å². The molecule has 4 heteroatoms. The third kappa shape index (κ3) is 3.54. The zero-order chi connectivity index (χ0) is 14.7. The molecule has 1 aliphatic heterocycles. The summed E-state index contributed by atoms with van der Waals surface area (Å²) in [5, 5.41) is 3.60. The lowest BCUT2D eigenvalue weighted by atomic mass is 9.97. The summed E-state index contributed by atoms with van der Waals surface area (Å²) in [5.41, 5.74) is 1.30. The van der Waals surface area contributed by atoms with Crippen LogP contribution in [0.4, 0.5) is 0 Å². The molecule has 2 aliphatic rings. The van der Waals surface area contributed by atoms with Gasteiger partial charge in [-0.05, 0) is 78.7 Å². The van der Waals surface area contributed by atoms with Crippen LogP contribution in [0.3, 0.4) is 0 Å². The van der Waals surface area contributed by atoms with Gasteiger partial charge in [0.1, 0.15) is 0 Å². The molecule has 0 spiro atoms. The molecule has 1 heterocycles. The van der Waals surface area contributed by atoms with Crippen LogP contribution in [0.2, 0.25) is 0 Å². The molecule has 1 N–H and O–H groups in total. The van der Waals surface area contributed by atoms with Crippen molar-refractivity contribution in [3.8, 4) is 11.5 Å². The molecule has 1 aliphatic carbocycles. The number of benzene rings is 1. The van der Waals surface area contributed by atoms with E-state index in [2.05, 4.69) is 33.4 Å². The summed E-state index contributed by atoms with van der Waals surface area (Å²) < 4.78 is 12.8. The van der Waals surface area contributed by atoms with Gasteiger partial charge < -0.3 is 14.8 Å². The Balaban J connectivity index is 1.85. The third-order valence-corrected chi connectivity index (χ3v) is 5.13. The summed E-state index contributed by atoms with van der Waals surface area (Å²) in [6, 6.07) is 4.78. The van der Waals surface area contributed by atoms with Gasteiger partial charge in [-0.2, -0.15) is 0 Å². The van der Waals surface area contributed by atoms with Crippen LogP contribution in [-0.4, -0.2) is 19.8 Å². The van der Waals surface area contributed by atoms with Crippen LogP contribution < -0.4 is 14.8 Å². The van der Waals surface area contributed by atoms with Crippen molar-refractivity contribution in [1.29, 1.82) is 0 Å². The number of rotatable bonds is 4. The topological polar surface area (TPSA) is 30.5 Å². The van der Waals surface area contributed by atoms with E-state index in [1.165, 1.54) is 37.7 Å². The number of hydrogen-bond donors (Lipinski definition) is 1. The number of ether oxygens (including phenoxy) is 2. The largest absolute Gasteiger partial charge is 0.492 e. The van der Waals surface area contributed by atoms with E-state index >= 15 is 0 Å². The van der Waals surface area contributed by atoms with Crippen LogP contribution in [0.1, 0.15) is 56.6 Å². The SMILES string of the molecule is COc1c(Br)cc(C2CCCCN2)cc1OC1CCCC1. The monoisotopic (exact) mass is 353 g/mol. The second-order valence-electron chi connectivity index (χ2n) is 6.06. The van der Waals surface area contributed by atoms with Crippen molar-refractivity contribution in [3.05, 3.63) is 22.2 Å². The summed E-state index contributed by atoms with van der Waals surface area (Å²) in [7, 11) is 1.71. The Morgan fingerprint density at radius 2 is 1.86 bits per heavy atom. The van der Waals surface area contributed by atoms with Crippen molar-refractivity contribution in [3.63, 3.8) is 0 Å². The highest BCUT2D eigenvalue weighted by atomic mass is 79.9. The zero-order valence-corrected chi connectivity index (χ0v) is 14.2. The van der Waals surface area contributed by atoms with Crippen molar-refractivity contribution in [2.45, 2.75) is 57.1 Å². The van der Waals surface area contributed by atoms with E-state index in [4.69, 9.17) is 9.47 Å². The minimum atomic E-state index is 0.348. The van der Waals surface area contributed by atoms with Gasteiger partial charge >= 0.3 is 0 Å². The van der Waals surface area contributed by atoms with Gasteiger partial charge in [-0.1, -0.05) is 6.42 Å². The highest BCUT2D eigenvalue weighted by Crippen LogP contribution is 2.40. The molecule has 1 saturated carbocycles. The van der Waals surface area contributed by atoms with E-state index in [1.54, 1.807) is 7.11 Å². The fraction of sp³-hybridized carbons (Fsp3) is 0.647. The normalized spacial score (nSPS) is 23.2. The van der Waals surface area contributed by atoms with Crippen molar-refractivity contribution < 1.29 is 9.47 Å². The maximum Gasteiger partial charge on any atom is 0.174 e. The number of hydrogen-bond acceptors (Lipinski definition) is 3. The first-order valence-corrected chi connectivity index (χ1v) is 8.84. The lowest BCUT2D eigenvalue weighted by Gasteiger charge is -2.26. The zero-order valence-electron chi connectivity index (χ0n) is 12.7. The van der Waals surface area contributed by atoms with Crippen LogP contribution >= 0.6 is 15.9 Å². The molecule has 3 nitrogen and oxygen atoms in total. The van der Waals surface area contributed by atoms with Crippen LogP contribution in [0.25, 0.3) is 0 Å². The van der Waals surface area contributed by atoms with Crippen LogP contribution in [-0.2, 0) is 0 Å². The highest BCUT2D eigenvalue weighted by molar-refractivity contribution is 9.10. The molecule has 1 aromatic rings. The molecule has 1 unspecified atom stereocenters. The molecule has 116 valence electrons. The molecular formula is C17H24BrNO2. The Morgan fingerprint density at radius 1 is 1.10 bits per heavy atom. The Kier molecular flexibility index (Phi) is 5.07. The van der Waals surface area contributed by atoms with E-state index in [1.807, 2.05) is 0 Å². The third-order valence-electron chi connectivity index (χ3n) is 4.54. The lowest BCUT2D eigenvalue weighted by molar-refractivity contribution is 0.200. The summed E-state index contributed by atoms with van der Waals surface area (Å²) in [6.07, 6.45) is 8.98. The molecule has 1 aromatic carbocycles. The molecule has 3 rings (SSSR count). The van der Waals surface area contributed by atoms with E-state index in [-0.39, 0.29) is 0 Å². The average Bonchev–Trinajstić information content (AvgIpc) is 3.01. The molecule has 0 aromatic heterocycles. The molecule has 1 atom stereocenters. The maximum absolute atomic E-state index is 6.23. The van der Waals surface area contributed by atoms with Crippen LogP contribution in [0, 0.1) is 0 Å². The molecular weight excluding hydrogens is 330 g/mol. The number of nitrogens with one attached hydrogen (secondary N) is 1. The van der Waals surface area contributed by atoms with E-state index in [9.17, 15) is 0 Å². The van der Waals surface area contributed by atoms with E-state index in [0.29, 0.717) is 12.1 Å². The summed E-state index contributed by atoms with van der Waals surface area (Å²) >= 11 is 3.64. The van der Waals surface area contributed by atoms with Crippen molar-refractivity contribution in [2.24, 2.45) is 0 Å². The first-order chi connectivity index (χ1) is 10.3. The van der Waals surface area contributed by atoms with Crippen molar-refractivity contribution >= 4 is 15.9 Å². The maximum atomic E-state index is 6.23. The Morgan fingerprint density at radius 3 is 2.52 bits per heavy atom. The van der Waals surface area contributed by atoms with Gasteiger partial charge in [0.15, 0.2) is 11.5 Å². The summed E-state index contributed by atoms with van der Waals surface area (Å²) in [6.45, 7) is 1.10. The molecule has 2 fully saturated rings. The number of piperidine rings is 1. The summed E-state index contributed by atoms with van der Waals surface area (Å²) in [5.74, 6) is 1.71. The van der Waals surface area contributed by atoms with E-state index in [0.717, 1.165) is 35.4 Å². The quantitative estimate of drug-likeness (QED) is 0.858. The smallest absolute Gasteiger partial charge is 0.174 e. The molecule has 21 heavy (non-hydrogen) atoms. The first kappa shape index (κ1) is 15.2. The van der Waals surface area contributed by atoms with Gasteiger partial charge in [-0.15, -0.1) is 0 Å². The van der Waals surface area contributed by atoms with Crippen LogP contribution in [0.15, 0.2) is 16.6 Å². The predicted molar refractivity (Wildman–Crippen MR) is 88.2 cm³/mol. The first-order valence-electron chi connectivity index (χ1n) is 8.05. The average molecular weight is 354 g/mol. The second kappa shape index (κ2) is 7.01.